The van der Waals surface area contributed by atoms with Crippen molar-refractivity contribution < 1.29 is 19.1 Å². The Bertz CT molecular complexity index is 931. The molecule has 2 amide bonds. The minimum atomic E-state index is -0.516. The molecule has 1 saturated heterocycles. The summed E-state index contributed by atoms with van der Waals surface area (Å²) in [7, 11) is 0. The standard InChI is InChI=1S/C23H25N3O4/c27-21(24-17-7-2-1-3-8-17)16-25-11-6-12-26(14-13-25)22(28)15-20-18-9-4-5-10-19(18)23(29)30-20/h1-5,7-10,20H,6,11-16H2,(H,24,27). The van der Waals surface area contributed by atoms with Gasteiger partial charge in [0.25, 0.3) is 0 Å². The highest BCUT2D eigenvalue weighted by molar-refractivity contribution is 5.94. The number of hydrogen-bond donors (Lipinski definition) is 1. The van der Waals surface area contributed by atoms with Gasteiger partial charge in [-0.05, 0) is 24.6 Å². The summed E-state index contributed by atoms with van der Waals surface area (Å²) in [6.07, 6.45) is 0.431. The van der Waals surface area contributed by atoms with E-state index in [0.717, 1.165) is 24.2 Å². The number of amides is 2. The maximum Gasteiger partial charge on any atom is 0.339 e. The lowest BCUT2D eigenvalue weighted by atomic mass is 10.0. The molecule has 0 aromatic heterocycles. The van der Waals surface area contributed by atoms with E-state index in [0.29, 0.717) is 31.7 Å². The van der Waals surface area contributed by atoms with Crippen molar-refractivity contribution in [2.24, 2.45) is 0 Å². The van der Waals surface area contributed by atoms with Crippen LogP contribution in [0.3, 0.4) is 0 Å². The number of hydrogen-bond acceptors (Lipinski definition) is 5. The summed E-state index contributed by atoms with van der Waals surface area (Å²) in [4.78, 5) is 41.0. The Hall–Kier alpha value is -3.19. The van der Waals surface area contributed by atoms with E-state index in [1.165, 1.54) is 0 Å². The van der Waals surface area contributed by atoms with Gasteiger partial charge in [-0.1, -0.05) is 36.4 Å². The number of para-hydroxylation sites is 1. The first-order valence-electron chi connectivity index (χ1n) is 10.2. The number of ether oxygens (including phenoxy) is 1. The minimum absolute atomic E-state index is 0.0277. The van der Waals surface area contributed by atoms with Gasteiger partial charge in [0, 0.05) is 37.4 Å². The van der Waals surface area contributed by atoms with Crippen LogP contribution >= 0.6 is 0 Å². The summed E-state index contributed by atoms with van der Waals surface area (Å²) in [6.45, 7) is 2.88. The SMILES string of the molecule is O=C(CN1CCCN(C(=O)CC2OC(=O)c3ccccc32)CC1)Nc1ccccc1. The molecule has 0 radical (unpaired) electrons. The Kier molecular flexibility index (Phi) is 6.09. The minimum Gasteiger partial charge on any atom is -0.453 e. The van der Waals surface area contributed by atoms with E-state index in [-0.39, 0.29) is 24.2 Å². The van der Waals surface area contributed by atoms with Gasteiger partial charge in [0.15, 0.2) is 0 Å². The van der Waals surface area contributed by atoms with Crippen molar-refractivity contribution in [3.63, 3.8) is 0 Å². The van der Waals surface area contributed by atoms with Crippen molar-refractivity contribution in [3.8, 4) is 0 Å². The van der Waals surface area contributed by atoms with Crippen molar-refractivity contribution in [1.82, 2.24) is 9.80 Å². The molecule has 7 heteroatoms. The highest BCUT2D eigenvalue weighted by Crippen LogP contribution is 2.33. The third-order valence-corrected chi connectivity index (χ3v) is 5.50. The Morgan fingerprint density at radius 2 is 1.73 bits per heavy atom. The Morgan fingerprint density at radius 3 is 2.57 bits per heavy atom. The predicted molar refractivity (Wildman–Crippen MR) is 112 cm³/mol. The van der Waals surface area contributed by atoms with Crippen LogP contribution < -0.4 is 5.32 Å². The first-order valence-corrected chi connectivity index (χ1v) is 10.2. The number of anilines is 1. The largest absolute Gasteiger partial charge is 0.453 e. The number of benzene rings is 2. The lowest BCUT2D eigenvalue weighted by molar-refractivity contribution is -0.133. The summed E-state index contributed by atoms with van der Waals surface area (Å²) in [5.41, 5.74) is 2.10. The van der Waals surface area contributed by atoms with Gasteiger partial charge < -0.3 is 15.0 Å². The van der Waals surface area contributed by atoms with Gasteiger partial charge >= 0.3 is 5.97 Å². The summed E-state index contributed by atoms with van der Waals surface area (Å²) < 4.78 is 5.41. The molecular formula is C23H25N3O4. The fraction of sp³-hybridized carbons (Fsp3) is 0.348. The average molecular weight is 407 g/mol. The maximum atomic E-state index is 12.8. The van der Waals surface area contributed by atoms with Gasteiger partial charge in [-0.25, -0.2) is 4.79 Å². The van der Waals surface area contributed by atoms with Crippen LogP contribution in [0.1, 0.15) is 34.9 Å². The van der Waals surface area contributed by atoms with Crippen LogP contribution in [-0.4, -0.2) is 60.3 Å². The molecule has 2 aromatic carbocycles. The molecule has 2 aliphatic heterocycles. The van der Waals surface area contributed by atoms with Crippen molar-refractivity contribution in [2.45, 2.75) is 18.9 Å². The zero-order valence-electron chi connectivity index (χ0n) is 16.8. The molecule has 0 bridgehead atoms. The van der Waals surface area contributed by atoms with Gasteiger partial charge in [-0.3, -0.25) is 14.5 Å². The Balaban J connectivity index is 1.28. The van der Waals surface area contributed by atoms with Crippen molar-refractivity contribution in [3.05, 3.63) is 65.7 Å². The van der Waals surface area contributed by atoms with E-state index >= 15 is 0 Å². The van der Waals surface area contributed by atoms with E-state index in [1.54, 1.807) is 12.1 Å². The molecule has 1 unspecified atom stereocenters. The van der Waals surface area contributed by atoms with Crippen LogP contribution in [-0.2, 0) is 14.3 Å². The number of rotatable bonds is 5. The second-order valence-electron chi connectivity index (χ2n) is 7.61. The van der Waals surface area contributed by atoms with E-state index in [2.05, 4.69) is 10.2 Å². The molecular weight excluding hydrogens is 382 g/mol. The van der Waals surface area contributed by atoms with Gasteiger partial charge in [-0.2, -0.15) is 0 Å². The zero-order chi connectivity index (χ0) is 20.9. The maximum absolute atomic E-state index is 12.8. The van der Waals surface area contributed by atoms with Crippen LogP contribution in [0.25, 0.3) is 0 Å². The van der Waals surface area contributed by atoms with Crippen LogP contribution in [0.15, 0.2) is 54.6 Å². The van der Waals surface area contributed by atoms with Gasteiger partial charge in [-0.15, -0.1) is 0 Å². The molecule has 2 aliphatic rings. The van der Waals surface area contributed by atoms with Gasteiger partial charge in [0.1, 0.15) is 6.10 Å². The second kappa shape index (κ2) is 9.09. The van der Waals surface area contributed by atoms with Crippen molar-refractivity contribution >= 4 is 23.5 Å². The zero-order valence-corrected chi connectivity index (χ0v) is 16.8. The van der Waals surface area contributed by atoms with Crippen LogP contribution in [0.5, 0.6) is 0 Å². The van der Waals surface area contributed by atoms with E-state index in [9.17, 15) is 14.4 Å². The number of esters is 1. The summed E-state index contributed by atoms with van der Waals surface area (Å²) >= 11 is 0. The first-order chi connectivity index (χ1) is 14.6. The molecule has 156 valence electrons. The van der Waals surface area contributed by atoms with E-state index in [1.807, 2.05) is 47.4 Å². The smallest absolute Gasteiger partial charge is 0.339 e. The van der Waals surface area contributed by atoms with Gasteiger partial charge in [0.2, 0.25) is 11.8 Å². The third kappa shape index (κ3) is 4.68. The molecule has 30 heavy (non-hydrogen) atoms. The summed E-state index contributed by atoms with van der Waals surface area (Å²) in [5, 5.41) is 2.90. The topological polar surface area (TPSA) is 79.0 Å². The molecule has 1 N–H and O–H groups in total. The fourth-order valence-electron chi connectivity index (χ4n) is 3.96. The predicted octanol–water partition coefficient (Wildman–Crippen LogP) is 2.46. The third-order valence-electron chi connectivity index (χ3n) is 5.50. The average Bonchev–Trinajstić information content (AvgIpc) is 2.90. The van der Waals surface area contributed by atoms with Gasteiger partial charge in [0.05, 0.1) is 18.5 Å². The molecule has 0 saturated carbocycles. The molecule has 4 rings (SSSR count). The molecule has 7 nitrogen and oxygen atoms in total. The molecule has 2 aromatic rings. The number of carbonyl (C=O) groups is 3. The number of nitrogens with one attached hydrogen (secondary N) is 1. The summed E-state index contributed by atoms with van der Waals surface area (Å²) in [6, 6.07) is 16.6. The van der Waals surface area contributed by atoms with Crippen LogP contribution in [0, 0.1) is 0 Å². The molecule has 0 aliphatic carbocycles. The molecule has 1 fully saturated rings. The lowest BCUT2D eigenvalue weighted by Gasteiger charge is -2.23. The van der Waals surface area contributed by atoms with Crippen LogP contribution in [0.2, 0.25) is 0 Å². The first kappa shape index (κ1) is 20.1. The number of fused-ring (bicyclic) bond motifs is 1. The fourth-order valence-corrected chi connectivity index (χ4v) is 3.96. The second-order valence-corrected chi connectivity index (χ2v) is 7.61. The molecule has 1 atom stereocenters. The number of nitrogens with zero attached hydrogens (tertiary/aromatic N) is 2. The Labute approximate surface area is 175 Å². The molecule has 0 spiro atoms. The number of carbonyl (C=O) groups excluding carboxylic acids is 3. The summed E-state index contributed by atoms with van der Waals surface area (Å²) in [5.74, 6) is -0.453. The quantitative estimate of drug-likeness (QED) is 0.771. The Morgan fingerprint density at radius 1 is 0.967 bits per heavy atom. The van der Waals surface area contributed by atoms with E-state index < -0.39 is 6.10 Å². The molecule has 2 heterocycles. The lowest BCUT2D eigenvalue weighted by Crippen LogP contribution is -2.38. The monoisotopic (exact) mass is 407 g/mol. The van der Waals surface area contributed by atoms with E-state index in [4.69, 9.17) is 4.74 Å². The van der Waals surface area contributed by atoms with Crippen molar-refractivity contribution in [1.29, 1.82) is 0 Å². The van der Waals surface area contributed by atoms with Crippen LogP contribution in [0.4, 0.5) is 5.69 Å². The number of cyclic esters (lactones) is 1. The van der Waals surface area contributed by atoms with Crippen molar-refractivity contribution in [2.75, 3.05) is 38.0 Å². The normalized spacial score (nSPS) is 19.0. The highest BCUT2D eigenvalue weighted by Gasteiger charge is 2.33. The highest BCUT2D eigenvalue weighted by atomic mass is 16.5.